The molecule has 0 saturated heterocycles. The van der Waals surface area contributed by atoms with E-state index in [1.807, 2.05) is 13.8 Å². The molecule has 1 heteroatoms. The largest absolute Gasteiger partial charge is 0.281 e. The quantitative estimate of drug-likeness (QED) is 0.491. The highest BCUT2D eigenvalue weighted by atomic mass is 14.8. The molecule has 4 rings (SSSR count). The van der Waals surface area contributed by atoms with Crippen molar-refractivity contribution in [3.8, 4) is 11.1 Å². The number of rotatable bonds is 5. The monoisotopic (exact) mass is 385 g/mol. The Kier molecular flexibility index (Phi) is 7.63. The van der Waals surface area contributed by atoms with Crippen LogP contribution in [0.15, 0.2) is 76.8 Å². The van der Waals surface area contributed by atoms with E-state index in [4.69, 9.17) is 4.99 Å². The summed E-state index contributed by atoms with van der Waals surface area (Å²) in [6, 6.07) is 18.3. The van der Waals surface area contributed by atoms with Crippen LogP contribution in [0, 0.1) is 0 Å². The molecule has 1 heterocycles. The van der Waals surface area contributed by atoms with Crippen LogP contribution in [0.5, 0.6) is 0 Å². The average Bonchev–Trinajstić information content (AvgIpc) is 3.31. The van der Waals surface area contributed by atoms with Crippen molar-refractivity contribution in [1.29, 1.82) is 0 Å². The van der Waals surface area contributed by atoms with Gasteiger partial charge in [-0.2, -0.15) is 0 Å². The summed E-state index contributed by atoms with van der Waals surface area (Å²) in [6.45, 7) is 8.47. The molecule has 0 N–H and O–H groups in total. The Morgan fingerprint density at radius 1 is 0.828 bits per heavy atom. The lowest BCUT2D eigenvalue weighted by Gasteiger charge is -2.14. The van der Waals surface area contributed by atoms with E-state index in [2.05, 4.69) is 74.5 Å². The van der Waals surface area contributed by atoms with Gasteiger partial charge in [-0.15, -0.1) is 0 Å². The second kappa shape index (κ2) is 10.4. The number of hydrogen-bond donors (Lipinski definition) is 0. The Hall–Kier alpha value is -2.41. The van der Waals surface area contributed by atoms with Gasteiger partial charge in [0.15, 0.2) is 0 Å². The first-order chi connectivity index (χ1) is 14.3. The molecule has 1 aliphatic carbocycles. The van der Waals surface area contributed by atoms with Crippen molar-refractivity contribution in [2.45, 2.75) is 72.3 Å². The van der Waals surface area contributed by atoms with Crippen molar-refractivity contribution < 1.29 is 0 Å². The van der Waals surface area contributed by atoms with Gasteiger partial charge in [-0.05, 0) is 66.4 Å². The Morgan fingerprint density at radius 3 is 2.10 bits per heavy atom. The zero-order valence-electron chi connectivity index (χ0n) is 18.5. The van der Waals surface area contributed by atoms with Gasteiger partial charge in [0.2, 0.25) is 0 Å². The number of allylic oxidation sites excluding steroid dienone is 4. The van der Waals surface area contributed by atoms with Crippen LogP contribution < -0.4 is 0 Å². The van der Waals surface area contributed by atoms with Gasteiger partial charge in [-0.25, -0.2) is 0 Å². The van der Waals surface area contributed by atoms with E-state index in [0.29, 0.717) is 6.04 Å². The third kappa shape index (κ3) is 4.96. The van der Waals surface area contributed by atoms with E-state index >= 15 is 0 Å². The molecule has 1 aliphatic heterocycles. The molecule has 0 aromatic heterocycles. The van der Waals surface area contributed by atoms with E-state index in [0.717, 1.165) is 25.7 Å². The van der Waals surface area contributed by atoms with Crippen molar-refractivity contribution in [3.63, 3.8) is 0 Å². The van der Waals surface area contributed by atoms with Crippen LogP contribution >= 0.6 is 0 Å². The number of benzene rings is 2. The van der Waals surface area contributed by atoms with Gasteiger partial charge >= 0.3 is 0 Å². The predicted molar refractivity (Wildman–Crippen MR) is 128 cm³/mol. The number of aliphatic imine (C=N–C) groups is 1. The molecular weight excluding hydrogens is 350 g/mol. The Labute approximate surface area is 177 Å². The fourth-order valence-corrected chi connectivity index (χ4v) is 4.25. The molecule has 0 unspecified atom stereocenters. The molecular formula is C28H35N. The van der Waals surface area contributed by atoms with Crippen molar-refractivity contribution in [2.75, 3.05) is 0 Å². The lowest BCUT2D eigenvalue weighted by molar-refractivity contribution is 0.723. The third-order valence-electron chi connectivity index (χ3n) is 5.97. The molecule has 2 aromatic rings. The summed E-state index contributed by atoms with van der Waals surface area (Å²) in [4.78, 5) is 5.11. The molecule has 0 saturated carbocycles. The van der Waals surface area contributed by atoms with Gasteiger partial charge in [0.1, 0.15) is 0 Å². The lowest BCUT2D eigenvalue weighted by atomic mass is 9.91. The second-order valence-corrected chi connectivity index (χ2v) is 7.61. The standard InChI is InChI=1S/C26H29N.C2H6/c1-3-19-9-11-21(12-10-19)22-13-15-23(16-14-22)25-17-18-26(27-25)24-8-6-5-7-20(24)4-2;1-2/h6,8-16,25H,3-5,7,17-18H2,1-2H3;1-2H3/t25-;/m1./s1. The summed E-state index contributed by atoms with van der Waals surface area (Å²) in [5.74, 6) is 0. The highest BCUT2D eigenvalue weighted by molar-refractivity contribution is 6.04. The van der Waals surface area contributed by atoms with E-state index in [1.165, 1.54) is 46.4 Å². The number of hydrogen-bond acceptors (Lipinski definition) is 1. The van der Waals surface area contributed by atoms with Gasteiger partial charge in [0.05, 0.1) is 6.04 Å². The Morgan fingerprint density at radius 2 is 1.48 bits per heavy atom. The Bertz CT molecular complexity index is 879. The van der Waals surface area contributed by atoms with E-state index in [9.17, 15) is 0 Å². The first-order valence-corrected chi connectivity index (χ1v) is 11.4. The fourth-order valence-electron chi connectivity index (χ4n) is 4.25. The van der Waals surface area contributed by atoms with Crippen LogP contribution in [0.4, 0.5) is 0 Å². The molecule has 2 aromatic carbocycles. The van der Waals surface area contributed by atoms with Crippen molar-refractivity contribution >= 4 is 5.71 Å². The summed E-state index contributed by atoms with van der Waals surface area (Å²) in [6.07, 6.45) is 11.5. The fraction of sp³-hybridized carbons (Fsp3) is 0.393. The van der Waals surface area contributed by atoms with Crippen LogP contribution in [-0.2, 0) is 6.42 Å². The highest BCUT2D eigenvalue weighted by Gasteiger charge is 2.22. The minimum absolute atomic E-state index is 0.317. The average molecular weight is 386 g/mol. The maximum absolute atomic E-state index is 5.11. The first-order valence-electron chi connectivity index (χ1n) is 11.4. The van der Waals surface area contributed by atoms with Crippen LogP contribution in [0.1, 0.15) is 77.0 Å². The summed E-state index contributed by atoms with van der Waals surface area (Å²) in [5.41, 5.74) is 9.65. The molecule has 1 nitrogen and oxygen atoms in total. The van der Waals surface area contributed by atoms with Crippen molar-refractivity contribution in [2.24, 2.45) is 4.99 Å². The van der Waals surface area contributed by atoms with Gasteiger partial charge < -0.3 is 0 Å². The summed E-state index contributed by atoms with van der Waals surface area (Å²) in [5, 5.41) is 0. The number of nitrogens with zero attached hydrogens (tertiary/aromatic N) is 1. The van der Waals surface area contributed by atoms with Gasteiger partial charge in [-0.3, -0.25) is 4.99 Å². The van der Waals surface area contributed by atoms with E-state index < -0.39 is 0 Å². The predicted octanol–water partition coefficient (Wildman–Crippen LogP) is 8.27. The molecule has 0 spiro atoms. The smallest absolute Gasteiger partial charge is 0.0756 e. The topological polar surface area (TPSA) is 12.4 Å². The maximum atomic E-state index is 5.11. The minimum Gasteiger partial charge on any atom is -0.281 e. The highest BCUT2D eigenvalue weighted by Crippen LogP contribution is 2.35. The van der Waals surface area contributed by atoms with E-state index in [-0.39, 0.29) is 0 Å². The van der Waals surface area contributed by atoms with Crippen molar-refractivity contribution in [1.82, 2.24) is 0 Å². The zero-order valence-corrected chi connectivity index (χ0v) is 18.5. The minimum atomic E-state index is 0.317. The molecule has 29 heavy (non-hydrogen) atoms. The molecule has 1 atom stereocenters. The normalized spacial score (nSPS) is 18.3. The lowest BCUT2D eigenvalue weighted by Crippen LogP contribution is -2.04. The molecule has 152 valence electrons. The van der Waals surface area contributed by atoms with Gasteiger partial charge in [0, 0.05) is 5.71 Å². The van der Waals surface area contributed by atoms with Gasteiger partial charge in [-0.1, -0.05) is 94.0 Å². The Balaban J connectivity index is 0.00000117. The summed E-state index contributed by atoms with van der Waals surface area (Å²) >= 11 is 0. The maximum Gasteiger partial charge on any atom is 0.0756 e. The summed E-state index contributed by atoms with van der Waals surface area (Å²) < 4.78 is 0. The third-order valence-corrected chi connectivity index (χ3v) is 5.97. The van der Waals surface area contributed by atoms with Crippen LogP contribution in [0.25, 0.3) is 11.1 Å². The zero-order chi connectivity index (χ0) is 20.6. The molecule has 0 radical (unpaired) electrons. The molecule has 0 fully saturated rings. The van der Waals surface area contributed by atoms with Crippen LogP contribution in [0.3, 0.4) is 0 Å². The van der Waals surface area contributed by atoms with Crippen LogP contribution in [0.2, 0.25) is 0 Å². The van der Waals surface area contributed by atoms with Crippen molar-refractivity contribution in [3.05, 3.63) is 83.0 Å². The van der Waals surface area contributed by atoms with Gasteiger partial charge in [0.25, 0.3) is 0 Å². The van der Waals surface area contributed by atoms with E-state index in [1.54, 1.807) is 5.57 Å². The van der Waals surface area contributed by atoms with Crippen LogP contribution in [-0.4, -0.2) is 5.71 Å². The summed E-state index contributed by atoms with van der Waals surface area (Å²) in [7, 11) is 0. The second-order valence-electron chi connectivity index (χ2n) is 7.61. The molecule has 0 bridgehead atoms. The SMILES string of the molecule is CC.CCC1=C(C2=N[C@@H](c3ccc(-c4ccc(CC)cc4)cc3)CC2)C=CCC1. The molecule has 2 aliphatic rings. The number of aryl methyl sites for hydroxylation is 1. The first kappa shape index (κ1) is 21.3. The molecule has 0 amide bonds.